The molecule has 7 nitrogen and oxygen atoms in total. The van der Waals surface area contributed by atoms with Gasteiger partial charge in [0.2, 0.25) is 5.91 Å². The molecule has 0 saturated carbocycles. The first-order valence-corrected chi connectivity index (χ1v) is 6.57. The zero-order valence-electron chi connectivity index (χ0n) is 11.3. The first-order valence-electron chi connectivity index (χ1n) is 6.57. The van der Waals surface area contributed by atoms with E-state index in [0.29, 0.717) is 13.1 Å². The Morgan fingerprint density at radius 2 is 2.30 bits per heavy atom. The van der Waals surface area contributed by atoms with Gasteiger partial charge in [0.25, 0.3) is 5.69 Å². The van der Waals surface area contributed by atoms with Crippen LogP contribution < -0.4 is 11.1 Å². The van der Waals surface area contributed by atoms with Gasteiger partial charge in [0.05, 0.1) is 11.0 Å². The molecule has 1 aromatic carbocycles. The monoisotopic (exact) mass is 278 g/mol. The quantitative estimate of drug-likeness (QED) is 0.484. The van der Waals surface area contributed by atoms with Crippen LogP contribution in [-0.4, -0.2) is 34.9 Å². The molecule has 108 valence electrons. The molecule has 1 fully saturated rings. The lowest BCUT2D eigenvalue weighted by Gasteiger charge is -2.34. The van der Waals surface area contributed by atoms with E-state index in [4.69, 9.17) is 5.73 Å². The molecule has 20 heavy (non-hydrogen) atoms. The highest BCUT2D eigenvalue weighted by molar-refractivity contribution is 5.82. The molecule has 1 unspecified atom stereocenters. The molecule has 2 rings (SSSR count). The van der Waals surface area contributed by atoms with Crippen LogP contribution in [0.15, 0.2) is 18.2 Å². The maximum absolute atomic E-state index is 11.8. The van der Waals surface area contributed by atoms with Gasteiger partial charge in [0, 0.05) is 25.7 Å². The SMILES string of the molecule is CCC1C(=O)NCCN1Cc1ccc([N+](=O)[O-])c(N)c1. The summed E-state index contributed by atoms with van der Waals surface area (Å²) >= 11 is 0. The molecule has 0 spiro atoms. The lowest BCUT2D eigenvalue weighted by atomic mass is 10.1. The van der Waals surface area contributed by atoms with E-state index < -0.39 is 4.92 Å². The van der Waals surface area contributed by atoms with Crippen LogP contribution in [-0.2, 0) is 11.3 Å². The van der Waals surface area contributed by atoms with Gasteiger partial charge in [-0.25, -0.2) is 0 Å². The number of carbonyl (C=O) groups is 1. The van der Waals surface area contributed by atoms with E-state index >= 15 is 0 Å². The van der Waals surface area contributed by atoms with Crippen molar-refractivity contribution in [1.82, 2.24) is 10.2 Å². The van der Waals surface area contributed by atoms with Crippen LogP contribution in [0.4, 0.5) is 11.4 Å². The number of nitrogens with two attached hydrogens (primary N) is 1. The van der Waals surface area contributed by atoms with Crippen LogP contribution >= 0.6 is 0 Å². The minimum Gasteiger partial charge on any atom is -0.393 e. The third-order valence-electron chi connectivity index (χ3n) is 3.50. The van der Waals surface area contributed by atoms with E-state index in [1.165, 1.54) is 6.07 Å². The second-order valence-corrected chi connectivity index (χ2v) is 4.84. The predicted molar refractivity (Wildman–Crippen MR) is 75.0 cm³/mol. The van der Waals surface area contributed by atoms with Gasteiger partial charge in [-0.1, -0.05) is 13.0 Å². The van der Waals surface area contributed by atoms with Crippen molar-refractivity contribution < 1.29 is 9.72 Å². The Kier molecular flexibility index (Phi) is 4.19. The number of piperazine rings is 1. The maximum Gasteiger partial charge on any atom is 0.292 e. The van der Waals surface area contributed by atoms with Gasteiger partial charge >= 0.3 is 0 Å². The molecule has 1 aromatic rings. The number of benzene rings is 1. The average molecular weight is 278 g/mol. The fourth-order valence-corrected chi connectivity index (χ4v) is 2.50. The number of nitrogens with zero attached hydrogens (tertiary/aromatic N) is 2. The molecular weight excluding hydrogens is 260 g/mol. The van der Waals surface area contributed by atoms with E-state index in [9.17, 15) is 14.9 Å². The summed E-state index contributed by atoms with van der Waals surface area (Å²) in [4.78, 5) is 24.1. The minimum atomic E-state index is -0.498. The van der Waals surface area contributed by atoms with Crippen molar-refractivity contribution in [2.45, 2.75) is 25.9 Å². The molecule has 1 heterocycles. The number of carbonyl (C=O) groups excluding carboxylic acids is 1. The largest absolute Gasteiger partial charge is 0.393 e. The summed E-state index contributed by atoms with van der Waals surface area (Å²) in [6, 6.07) is 4.56. The molecule has 3 N–H and O–H groups in total. The summed E-state index contributed by atoms with van der Waals surface area (Å²) in [6.07, 6.45) is 0.730. The van der Waals surface area contributed by atoms with Gasteiger partial charge < -0.3 is 11.1 Å². The van der Waals surface area contributed by atoms with Crippen molar-refractivity contribution in [1.29, 1.82) is 0 Å². The third-order valence-corrected chi connectivity index (χ3v) is 3.50. The Labute approximate surface area is 116 Å². The number of amides is 1. The van der Waals surface area contributed by atoms with Crippen LogP contribution in [0.2, 0.25) is 0 Å². The molecule has 1 amide bonds. The predicted octanol–water partition coefficient (Wildman–Crippen LogP) is 0.887. The molecule has 1 aliphatic heterocycles. The molecule has 1 atom stereocenters. The zero-order valence-corrected chi connectivity index (χ0v) is 11.3. The third kappa shape index (κ3) is 2.88. The summed E-state index contributed by atoms with van der Waals surface area (Å²) in [5.74, 6) is 0.0358. The maximum atomic E-state index is 11.8. The Bertz CT molecular complexity index is 532. The van der Waals surface area contributed by atoms with Crippen LogP contribution in [0.3, 0.4) is 0 Å². The van der Waals surface area contributed by atoms with Crippen LogP contribution in [0.25, 0.3) is 0 Å². The van der Waals surface area contributed by atoms with Gasteiger partial charge in [0.1, 0.15) is 5.69 Å². The van der Waals surface area contributed by atoms with Crippen molar-refractivity contribution >= 4 is 17.3 Å². The molecule has 0 bridgehead atoms. The second kappa shape index (κ2) is 5.87. The highest BCUT2D eigenvalue weighted by atomic mass is 16.6. The standard InChI is InChI=1S/C13H18N4O3/c1-2-11-13(18)15-5-6-16(11)8-9-3-4-12(17(19)20)10(14)7-9/h3-4,7,11H,2,5-6,8,14H2,1H3,(H,15,18). The van der Waals surface area contributed by atoms with Crippen LogP contribution in [0.1, 0.15) is 18.9 Å². The second-order valence-electron chi connectivity index (χ2n) is 4.84. The lowest BCUT2D eigenvalue weighted by Crippen LogP contribution is -2.54. The van der Waals surface area contributed by atoms with Crippen molar-refractivity contribution in [2.24, 2.45) is 0 Å². The summed E-state index contributed by atoms with van der Waals surface area (Å²) in [6.45, 7) is 3.92. The fourth-order valence-electron chi connectivity index (χ4n) is 2.50. The van der Waals surface area contributed by atoms with E-state index in [0.717, 1.165) is 18.5 Å². The van der Waals surface area contributed by atoms with Crippen LogP contribution in [0.5, 0.6) is 0 Å². The topological polar surface area (TPSA) is 102 Å². The molecule has 0 radical (unpaired) electrons. The average Bonchev–Trinajstić information content (AvgIpc) is 2.38. The first-order chi connectivity index (χ1) is 9.52. The van der Waals surface area contributed by atoms with Crippen molar-refractivity contribution in [3.63, 3.8) is 0 Å². The number of rotatable bonds is 4. The fraction of sp³-hybridized carbons (Fsp3) is 0.462. The van der Waals surface area contributed by atoms with Gasteiger partial charge in [-0.15, -0.1) is 0 Å². The van der Waals surface area contributed by atoms with Crippen molar-refractivity contribution in [2.75, 3.05) is 18.8 Å². The number of hydrogen-bond donors (Lipinski definition) is 2. The number of nitrogen functional groups attached to an aromatic ring is 1. The van der Waals surface area contributed by atoms with Gasteiger partial charge in [-0.05, 0) is 18.1 Å². The Hall–Kier alpha value is -2.15. The molecule has 7 heteroatoms. The normalized spacial score (nSPS) is 19.6. The highest BCUT2D eigenvalue weighted by Crippen LogP contribution is 2.23. The lowest BCUT2D eigenvalue weighted by molar-refractivity contribution is -0.383. The molecular formula is C13H18N4O3. The highest BCUT2D eigenvalue weighted by Gasteiger charge is 2.28. The Morgan fingerprint density at radius 3 is 2.90 bits per heavy atom. The minimum absolute atomic E-state index is 0.0358. The smallest absolute Gasteiger partial charge is 0.292 e. The number of nitro benzene ring substituents is 1. The van der Waals surface area contributed by atoms with Gasteiger partial charge in [0.15, 0.2) is 0 Å². The summed E-state index contributed by atoms with van der Waals surface area (Å²) in [7, 11) is 0. The molecule has 1 aliphatic rings. The van der Waals surface area contributed by atoms with Crippen molar-refractivity contribution in [3.8, 4) is 0 Å². The van der Waals surface area contributed by atoms with E-state index in [-0.39, 0.29) is 23.3 Å². The number of nitro groups is 1. The molecule has 1 saturated heterocycles. The Balaban J connectivity index is 2.15. The summed E-state index contributed by atoms with van der Waals surface area (Å²) in [5, 5.41) is 13.6. The van der Waals surface area contributed by atoms with Crippen LogP contribution in [0, 0.1) is 10.1 Å². The number of nitrogens with one attached hydrogen (secondary N) is 1. The Morgan fingerprint density at radius 1 is 1.55 bits per heavy atom. The van der Waals surface area contributed by atoms with Gasteiger partial charge in [-0.3, -0.25) is 19.8 Å². The number of hydrogen-bond acceptors (Lipinski definition) is 5. The molecule has 0 aromatic heterocycles. The molecule has 0 aliphatic carbocycles. The van der Waals surface area contributed by atoms with E-state index in [1.807, 2.05) is 6.92 Å². The first kappa shape index (κ1) is 14.3. The van der Waals surface area contributed by atoms with Crippen molar-refractivity contribution in [3.05, 3.63) is 33.9 Å². The zero-order chi connectivity index (χ0) is 14.7. The summed E-state index contributed by atoms with van der Waals surface area (Å²) < 4.78 is 0. The van der Waals surface area contributed by atoms with E-state index in [1.54, 1.807) is 12.1 Å². The number of anilines is 1. The summed E-state index contributed by atoms with van der Waals surface area (Å²) in [5.41, 5.74) is 6.63. The van der Waals surface area contributed by atoms with E-state index in [2.05, 4.69) is 10.2 Å². The van der Waals surface area contributed by atoms with Gasteiger partial charge in [-0.2, -0.15) is 0 Å².